The minimum Gasteiger partial charge on any atom is -0.321 e. The molecule has 0 spiro atoms. The largest absolute Gasteiger partial charge is 0.321 e. The normalized spacial score (nSPS) is 15.7. The molecule has 3 aromatic carbocycles. The van der Waals surface area contributed by atoms with E-state index in [1.165, 1.54) is 10.6 Å². The van der Waals surface area contributed by atoms with Gasteiger partial charge in [-0.3, -0.25) is 9.10 Å². The molecule has 1 atom stereocenters. The van der Waals surface area contributed by atoms with Crippen molar-refractivity contribution in [3.8, 4) is 0 Å². The zero-order valence-corrected chi connectivity index (χ0v) is 18.3. The fourth-order valence-electron chi connectivity index (χ4n) is 3.72. The maximum atomic E-state index is 12.9. The van der Waals surface area contributed by atoms with Crippen molar-refractivity contribution in [2.24, 2.45) is 0 Å². The van der Waals surface area contributed by atoms with Gasteiger partial charge in [-0.05, 0) is 61.4 Å². The summed E-state index contributed by atoms with van der Waals surface area (Å²) in [6.45, 7) is 1.87. The van der Waals surface area contributed by atoms with Gasteiger partial charge in [0.2, 0.25) is 10.0 Å². The lowest BCUT2D eigenvalue weighted by molar-refractivity contribution is 0.102. The average molecular weight is 439 g/mol. The maximum Gasteiger partial charge on any atom is 0.255 e. The summed E-state index contributed by atoms with van der Waals surface area (Å²) in [6, 6.07) is 22.7. The van der Waals surface area contributed by atoms with E-state index in [2.05, 4.69) is 5.32 Å². The van der Waals surface area contributed by atoms with Gasteiger partial charge in [-0.2, -0.15) is 0 Å². The SMILES string of the molecule is C[C@H]1Cc2cc(C(=O)Nc3ccccc3Sc3ccccc3)ccc2N1S(C)(=O)=O. The lowest BCUT2D eigenvalue weighted by atomic mass is 10.1. The first-order chi connectivity index (χ1) is 14.3. The van der Waals surface area contributed by atoms with Gasteiger partial charge in [0.1, 0.15) is 0 Å². The van der Waals surface area contributed by atoms with Gasteiger partial charge in [0, 0.05) is 21.4 Å². The third-order valence-electron chi connectivity index (χ3n) is 4.96. The standard InChI is InChI=1S/C23H22N2O3S2/c1-16-14-18-15-17(12-13-21(18)25(16)30(2,27)28)23(26)24-20-10-6-7-11-22(20)29-19-8-4-3-5-9-19/h3-13,15-16H,14H2,1-2H3,(H,24,26)/t16-/m0/s1. The predicted octanol–water partition coefficient (Wildman–Crippen LogP) is 4.80. The van der Waals surface area contributed by atoms with Crippen LogP contribution in [0.1, 0.15) is 22.8 Å². The summed E-state index contributed by atoms with van der Waals surface area (Å²) in [5, 5.41) is 3.00. The molecule has 7 heteroatoms. The number of fused-ring (bicyclic) bond motifs is 1. The average Bonchev–Trinajstić information content (AvgIpc) is 3.05. The van der Waals surface area contributed by atoms with Crippen LogP contribution < -0.4 is 9.62 Å². The Kier molecular flexibility index (Phi) is 5.58. The molecule has 1 heterocycles. The first-order valence-electron chi connectivity index (χ1n) is 9.58. The third-order valence-corrected chi connectivity index (χ3v) is 7.31. The Morgan fingerprint density at radius 3 is 2.47 bits per heavy atom. The molecular weight excluding hydrogens is 416 g/mol. The molecule has 0 aromatic heterocycles. The number of hydrogen-bond donors (Lipinski definition) is 1. The van der Waals surface area contributed by atoms with E-state index in [0.717, 1.165) is 21.0 Å². The van der Waals surface area contributed by atoms with Crippen molar-refractivity contribution in [2.45, 2.75) is 29.2 Å². The van der Waals surface area contributed by atoms with Crippen molar-refractivity contribution in [3.63, 3.8) is 0 Å². The molecule has 0 unspecified atom stereocenters. The summed E-state index contributed by atoms with van der Waals surface area (Å²) < 4.78 is 25.6. The number of amides is 1. The van der Waals surface area contributed by atoms with E-state index in [1.807, 2.05) is 61.5 Å². The van der Waals surface area contributed by atoms with Crippen LogP contribution in [0.5, 0.6) is 0 Å². The number of rotatable bonds is 5. The molecule has 5 nitrogen and oxygen atoms in total. The van der Waals surface area contributed by atoms with E-state index in [4.69, 9.17) is 0 Å². The molecule has 4 rings (SSSR count). The first kappa shape index (κ1) is 20.5. The minimum atomic E-state index is -3.35. The fraction of sp³-hybridized carbons (Fsp3) is 0.174. The molecule has 0 bridgehead atoms. The van der Waals surface area contributed by atoms with E-state index in [0.29, 0.717) is 17.7 Å². The predicted molar refractivity (Wildman–Crippen MR) is 122 cm³/mol. The van der Waals surface area contributed by atoms with Crippen molar-refractivity contribution >= 4 is 39.1 Å². The summed E-state index contributed by atoms with van der Waals surface area (Å²) in [4.78, 5) is 15.0. The molecule has 0 aliphatic carbocycles. The second-order valence-corrected chi connectivity index (χ2v) is 10.3. The molecule has 0 radical (unpaired) electrons. The highest BCUT2D eigenvalue weighted by molar-refractivity contribution is 7.99. The zero-order chi connectivity index (χ0) is 21.3. The number of para-hydroxylation sites is 1. The second kappa shape index (κ2) is 8.16. The van der Waals surface area contributed by atoms with Crippen LogP contribution >= 0.6 is 11.8 Å². The van der Waals surface area contributed by atoms with Crippen LogP contribution in [-0.4, -0.2) is 26.6 Å². The number of nitrogens with zero attached hydrogens (tertiary/aromatic N) is 1. The zero-order valence-electron chi connectivity index (χ0n) is 16.7. The van der Waals surface area contributed by atoms with Crippen LogP contribution in [0, 0.1) is 0 Å². The maximum absolute atomic E-state index is 12.9. The van der Waals surface area contributed by atoms with Gasteiger partial charge in [0.15, 0.2) is 0 Å². The van der Waals surface area contributed by atoms with Gasteiger partial charge >= 0.3 is 0 Å². The van der Waals surface area contributed by atoms with Crippen molar-refractivity contribution in [1.82, 2.24) is 0 Å². The van der Waals surface area contributed by atoms with Gasteiger partial charge in [-0.1, -0.05) is 42.1 Å². The number of sulfonamides is 1. The molecule has 0 saturated heterocycles. The molecule has 0 saturated carbocycles. The number of carbonyl (C=O) groups excluding carboxylic acids is 1. The lowest BCUT2D eigenvalue weighted by Crippen LogP contribution is -2.34. The Morgan fingerprint density at radius 1 is 1.03 bits per heavy atom. The van der Waals surface area contributed by atoms with Crippen LogP contribution in [0.25, 0.3) is 0 Å². The molecule has 0 fully saturated rings. The fourth-order valence-corrected chi connectivity index (χ4v) is 5.90. The van der Waals surface area contributed by atoms with E-state index in [9.17, 15) is 13.2 Å². The summed E-state index contributed by atoms with van der Waals surface area (Å²) >= 11 is 1.59. The molecule has 1 aliphatic rings. The number of anilines is 2. The monoisotopic (exact) mass is 438 g/mol. The van der Waals surface area contributed by atoms with Crippen molar-refractivity contribution < 1.29 is 13.2 Å². The number of carbonyl (C=O) groups is 1. The topological polar surface area (TPSA) is 66.5 Å². The molecule has 30 heavy (non-hydrogen) atoms. The highest BCUT2D eigenvalue weighted by atomic mass is 32.2. The molecule has 154 valence electrons. The van der Waals surface area contributed by atoms with Crippen molar-refractivity contribution in [2.75, 3.05) is 15.9 Å². The summed E-state index contributed by atoms with van der Waals surface area (Å²) in [5.41, 5.74) is 2.77. The van der Waals surface area contributed by atoms with Gasteiger partial charge in [-0.25, -0.2) is 8.42 Å². The number of nitrogens with one attached hydrogen (secondary N) is 1. The van der Waals surface area contributed by atoms with Crippen LogP contribution in [-0.2, 0) is 16.4 Å². The van der Waals surface area contributed by atoms with Crippen LogP contribution in [0.15, 0.2) is 82.6 Å². The summed E-state index contributed by atoms with van der Waals surface area (Å²) in [6.07, 6.45) is 1.80. The summed E-state index contributed by atoms with van der Waals surface area (Å²) in [5.74, 6) is -0.218. The smallest absolute Gasteiger partial charge is 0.255 e. The van der Waals surface area contributed by atoms with E-state index < -0.39 is 10.0 Å². The molecule has 1 N–H and O–H groups in total. The van der Waals surface area contributed by atoms with Crippen molar-refractivity contribution in [1.29, 1.82) is 0 Å². The minimum absolute atomic E-state index is 0.156. The molecule has 1 aliphatic heterocycles. The van der Waals surface area contributed by atoms with Gasteiger partial charge in [-0.15, -0.1) is 0 Å². The van der Waals surface area contributed by atoms with Gasteiger partial charge < -0.3 is 5.32 Å². The second-order valence-electron chi connectivity index (χ2n) is 7.32. The van der Waals surface area contributed by atoms with Crippen LogP contribution in [0.3, 0.4) is 0 Å². The Hall–Kier alpha value is -2.77. The Morgan fingerprint density at radius 2 is 1.73 bits per heavy atom. The number of hydrogen-bond acceptors (Lipinski definition) is 4. The third kappa shape index (κ3) is 4.22. The quantitative estimate of drug-likeness (QED) is 0.621. The first-order valence-corrected chi connectivity index (χ1v) is 12.2. The molecule has 1 amide bonds. The van der Waals surface area contributed by atoms with Gasteiger partial charge in [0.05, 0.1) is 17.6 Å². The van der Waals surface area contributed by atoms with E-state index in [-0.39, 0.29) is 11.9 Å². The molecular formula is C23H22N2O3S2. The van der Waals surface area contributed by atoms with E-state index in [1.54, 1.807) is 30.0 Å². The number of benzene rings is 3. The highest BCUT2D eigenvalue weighted by Crippen LogP contribution is 2.36. The Balaban J connectivity index is 1.57. The lowest BCUT2D eigenvalue weighted by Gasteiger charge is -2.21. The van der Waals surface area contributed by atoms with Gasteiger partial charge in [0.25, 0.3) is 5.91 Å². The molecule has 3 aromatic rings. The Bertz CT molecular complexity index is 1190. The highest BCUT2D eigenvalue weighted by Gasteiger charge is 2.32. The summed E-state index contributed by atoms with van der Waals surface area (Å²) in [7, 11) is -3.35. The Labute approximate surface area is 181 Å². The van der Waals surface area contributed by atoms with E-state index >= 15 is 0 Å². The van der Waals surface area contributed by atoms with Crippen molar-refractivity contribution in [3.05, 3.63) is 83.9 Å². The van der Waals surface area contributed by atoms with Crippen LogP contribution in [0.4, 0.5) is 11.4 Å². The van der Waals surface area contributed by atoms with Crippen LogP contribution in [0.2, 0.25) is 0 Å².